The fourth-order valence-electron chi connectivity index (χ4n) is 10.3. The van der Waals surface area contributed by atoms with E-state index < -0.39 is 75.7 Å². The van der Waals surface area contributed by atoms with Crippen LogP contribution >= 0.6 is 17.0 Å². The molecule has 0 saturated carbocycles. The number of fused-ring (bicyclic) bond motifs is 2. The average Bonchev–Trinajstić information content (AvgIpc) is 3.73. The first-order chi connectivity index (χ1) is 30.1. The second kappa shape index (κ2) is 17.9. The van der Waals surface area contributed by atoms with E-state index in [1.807, 2.05) is 65.1 Å². The van der Waals surface area contributed by atoms with Crippen molar-refractivity contribution >= 4 is 35.1 Å². The summed E-state index contributed by atoms with van der Waals surface area (Å²) >= 11 is -5.91. The minimum absolute atomic E-state index is 0.0156. The molecular weight excluding hydrogens is 1020 g/mol. The van der Waals surface area contributed by atoms with E-state index in [2.05, 4.69) is 0 Å². The molecule has 0 fully saturated rings. The molecule has 16 heteroatoms. The van der Waals surface area contributed by atoms with Gasteiger partial charge in [0.15, 0.2) is 0 Å². The van der Waals surface area contributed by atoms with Crippen molar-refractivity contribution in [2.45, 2.75) is 125 Å². The third-order valence-corrected chi connectivity index (χ3v) is 65.0. The van der Waals surface area contributed by atoms with Crippen LogP contribution in [0.25, 0.3) is 34.4 Å². The van der Waals surface area contributed by atoms with Crippen LogP contribution in [-0.4, -0.2) is 5.92 Å². The van der Waals surface area contributed by atoms with E-state index in [9.17, 15) is 52.7 Å². The van der Waals surface area contributed by atoms with Crippen molar-refractivity contribution < 1.29 is 68.2 Å². The van der Waals surface area contributed by atoms with Gasteiger partial charge in [-0.05, 0) is 0 Å². The molecule has 0 bridgehead atoms. The van der Waals surface area contributed by atoms with Gasteiger partial charge in [-0.1, -0.05) is 0 Å². The van der Waals surface area contributed by atoms with Gasteiger partial charge in [0.25, 0.3) is 0 Å². The topological polar surface area (TPSA) is 0 Å². The molecule has 0 aliphatic heterocycles. The van der Waals surface area contributed by atoms with Crippen LogP contribution in [0.5, 0.6) is 0 Å². The Morgan fingerprint density at radius 2 is 0.773 bits per heavy atom. The number of alkyl halides is 12. The SMILES string of the molecule is CC(C)CC1=Cc2c(ccc(C(C)C)c2-c2cc(C(F)(F)F)cc(C(F)(F)F)c2)[CH]1[Zr]([Cl])([Cl])([CH]1C(CC(C)C)=Cc2c1ccc(C(C)C)c2-c1cc(C(F)(F)F)cc(C(F)(F)F)c1)[SiH](C)C. The maximum absolute atomic E-state index is 14.4. The van der Waals surface area contributed by atoms with Gasteiger partial charge in [0.2, 0.25) is 0 Å². The zero-order valence-electron chi connectivity index (χ0n) is 38.2. The van der Waals surface area contributed by atoms with Gasteiger partial charge < -0.3 is 0 Å². The van der Waals surface area contributed by atoms with E-state index in [0.717, 1.165) is 35.4 Å². The number of hydrogen-bond donors (Lipinski definition) is 0. The van der Waals surface area contributed by atoms with Crippen LogP contribution in [0.1, 0.15) is 143 Å². The van der Waals surface area contributed by atoms with E-state index in [-0.39, 0.29) is 58.1 Å². The summed E-state index contributed by atoms with van der Waals surface area (Å²) < 4.78 is 172. The minimum atomic E-state index is -5.91. The Balaban J connectivity index is 1.74. The quantitative estimate of drug-likeness (QED) is 0.104. The number of benzene rings is 4. The fraction of sp³-hybridized carbons (Fsp3) is 0.440. The van der Waals surface area contributed by atoms with Gasteiger partial charge in [0.1, 0.15) is 0 Å². The molecule has 6 rings (SSSR count). The van der Waals surface area contributed by atoms with Crippen molar-refractivity contribution in [3.8, 4) is 22.3 Å². The van der Waals surface area contributed by atoms with E-state index in [1.165, 1.54) is 0 Å². The molecule has 0 amide bonds. The van der Waals surface area contributed by atoms with Crippen LogP contribution < -0.4 is 0 Å². The summed E-state index contributed by atoms with van der Waals surface area (Å²) in [6.45, 7) is 19.1. The summed E-state index contributed by atoms with van der Waals surface area (Å²) in [7, 11) is 17.3. The molecule has 4 aromatic rings. The van der Waals surface area contributed by atoms with E-state index in [1.54, 1.807) is 39.8 Å². The molecule has 2 aliphatic carbocycles. The van der Waals surface area contributed by atoms with Gasteiger partial charge in [0, 0.05) is 0 Å². The van der Waals surface area contributed by atoms with Gasteiger partial charge in [-0.3, -0.25) is 0 Å². The Bertz CT molecular complexity index is 2360. The summed E-state index contributed by atoms with van der Waals surface area (Å²) in [6, 6.07) is 10.3. The molecule has 0 heterocycles. The van der Waals surface area contributed by atoms with Crippen molar-refractivity contribution in [1.82, 2.24) is 0 Å². The van der Waals surface area contributed by atoms with Crippen LogP contribution in [0.3, 0.4) is 0 Å². The van der Waals surface area contributed by atoms with Crippen LogP contribution in [0.15, 0.2) is 71.8 Å². The Labute approximate surface area is 387 Å². The molecule has 2 unspecified atom stereocenters. The maximum atomic E-state index is 14.4. The van der Waals surface area contributed by atoms with E-state index in [4.69, 9.17) is 17.0 Å². The molecule has 0 radical (unpaired) electrons. The first-order valence-corrected chi connectivity index (χ1v) is 38.3. The molecular formula is C50H53Cl2F12SiZr. The Morgan fingerprint density at radius 3 is 1.00 bits per heavy atom. The van der Waals surface area contributed by atoms with Crippen LogP contribution in [0.4, 0.5) is 52.7 Å². The third-order valence-electron chi connectivity index (χ3n) is 13.1. The Kier molecular flexibility index (Phi) is 14.2. The number of allylic oxidation sites excluding steroid dienone is 2. The van der Waals surface area contributed by atoms with Crippen molar-refractivity contribution in [3.63, 3.8) is 0 Å². The molecule has 66 heavy (non-hydrogen) atoms. The van der Waals surface area contributed by atoms with E-state index in [0.29, 0.717) is 46.2 Å². The zero-order chi connectivity index (χ0) is 49.6. The first-order valence-electron chi connectivity index (χ1n) is 22.0. The zero-order valence-corrected chi connectivity index (χ0v) is 43.3. The summed E-state index contributed by atoms with van der Waals surface area (Å²) in [5, 5.41) is 0. The van der Waals surface area contributed by atoms with Gasteiger partial charge in [-0.2, -0.15) is 0 Å². The Hall–Kier alpha value is -2.80. The van der Waals surface area contributed by atoms with Crippen molar-refractivity contribution in [2.75, 3.05) is 0 Å². The fourth-order valence-corrected chi connectivity index (χ4v) is 41.7. The molecule has 0 spiro atoms. The molecule has 0 nitrogen and oxygen atoms in total. The van der Waals surface area contributed by atoms with Gasteiger partial charge in [-0.25, -0.2) is 0 Å². The predicted octanol–water partition coefficient (Wildman–Crippen LogP) is 19.0. The van der Waals surface area contributed by atoms with Gasteiger partial charge in [-0.15, -0.1) is 0 Å². The van der Waals surface area contributed by atoms with Crippen LogP contribution in [0.2, 0.25) is 13.1 Å². The Morgan fingerprint density at radius 1 is 0.485 bits per heavy atom. The molecule has 2 aliphatic rings. The predicted molar refractivity (Wildman–Crippen MR) is 243 cm³/mol. The molecule has 0 saturated heterocycles. The van der Waals surface area contributed by atoms with Crippen molar-refractivity contribution in [3.05, 3.63) is 127 Å². The normalized spacial score (nSPS) is 17.8. The monoisotopic (exact) mass is 1070 g/mol. The summed E-state index contributed by atoms with van der Waals surface area (Å²) in [4.78, 5) is 0. The standard InChI is InChI=1S/2C24H23F6.C2H7Si.2ClH.Zr/c2*1-13(2)7-15-8-16-5-6-20(14(3)4)22(21(16)9-15)17-10-18(23(25,26)27)12-19(11-17)24(28,29)30;1-3-2;;;/h2*5-6,8-14H,7H2,1-4H3;3H,1-2H3;2*1H;/q;;;;;+2/p-2. The summed E-state index contributed by atoms with van der Waals surface area (Å²) in [5.41, 5.74) is -1.34. The van der Waals surface area contributed by atoms with Crippen LogP contribution in [-0.2, 0) is 40.3 Å². The first kappa shape index (κ1) is 52.6. The number of hydrogen-bond acceptors (Lipinski definition) is 0. The van der Waals surface area contributed by atoms with E-state index >= 15 is 0 Å². The van der Waals surface area contributed by atoms with Gasteiger partial charge >= 0.3 is 390 Å². The van der Waals surface area contributed by atoms with Crippen molar-refractivity contribution in [1.29, 1.82) is 0 Å². The molecule has 4 aromatic carbocycles. The molecule has 0 aromatic heterocycles. The second-order valence-electron chi connectivity index (χ2n) is 19.8. The van der Waals surface area contributed by atoms with Gasteiger partial charge in [0.05, 0.1) is 0 Å². The van der Waals surface area contributed by atoms with Crippen molar-refractivity contribution in [2.24, 2.45) is 11.8 Å². The number of halogens is 14. The third kappa shape index (κ3) is 9.70. The molecule has 2 atom stereocenters. The number of rotatable bonds is 11. The summed E-state index contributed by atoms with van der Waals surface area (Å²) in [6.07, 6.45) is -15.9. The summed E-state index contributed by atoms with van der Waals surface area (Å²) in [5.74, 6) is -3.15. The average molecular weight is 1070 g/mol. The molecule has 359 valence electrons. The second-order valence-corrected chi connectivity index (χ2v) is 62.4. The molecule has 0 N–H and O–H groups in total. The van der Waals surface area contributed by atoms with Crippen LogP contribution in [0, 0.1) is 11.8 Å².